The highest BCUT2D eigenvalue weighted by Gasteiger charge is 2.32. The van der Waals surface area contributed by atoms with E-state index in [1.807, 2.05) is 24.3 Å². The smallest absolute Gasteiger partial charge is 0.220 e. The van der Waals surface area contributed by atoms with Crippen LogP contribution >= 0.6 is 11.6 Å². The Morgan fingerprint density at radius 2 is 2.26 bits per heavy atom. The minimum absolute atomic E-state index is 0.0831. The number of nitrogens with one attached hydrogen (secondary N) is 1. The van der Waals surface area contributed by atoms with Crippen LogP contribution in [0.3, 0.4) is 0 Å². The minimum Gasteiger partial charge on any atom is -0.386 e. The molecule has 5 heteroatoms. The number of halogens is 1. The van der Waals surface area contributed by atoms with Crippen LogP contribution in [0.25, 0.3) is 0 Å². The second kappa shape index (κ2) is 6.37. The van der Waals surface area contributed by atoms with Crippen LogP contribution in [0.2, 0.25) is 5.02 Å². The van der Waals surface area contributed by atoms with Crippen molar-refractivity contribution in [3.63, 3.8) is 0 Å². The molecule has 1 unspecified atom stereocenters. The predicted molar refractivity (Wildman–Crippen MR) is 73.2 cm³/mol. The van der Waals surface area contributed by atoms with Crippen molar-refractivity contribution in [1.29, 1.82) is 0 Å². The zero-order chi connectivity index (χ0) is 13.7. The predicted octanol–water partition coefficient (Wildman–Crippen LogP) is 1.54. The number of aryl methyl sites for hydroxylation is 1. The molecule has 0 spiro atoms. The zero-order valence-corrected chi connectivity index (χ0v) is 11.4. The van der Waals surface area contributed by atoms with Gasteiger partial charge in [0.1, 0.15) is 5.60 Å². The second-order valence-electron chi connectivity index (χ2n) is 4.90. The first-order valence-electron chi connectivity index (χ1n) is 6.39. The van der Waals surface area contributed by atoms with Crippen LogP contribution in [-0.4, -0.2) is 36.4 Å². The summed E-state index contributed by atoms with van der Waals surface area (Å²) in [5, 5.41) is 13.4. The Bertz CT molecular complexity index is 444. The van der Waals surface area contributed by atoms with Gasteiger partial charge in [-0.2, -0.15) is 0 Å². The van der Waals surface area contributed by atoms with Crippen molar-refractivity contribution in [2.75, 3.05) is 19.8 Å². The average Bonchev–Trinajstić information content (AvgIpc) is 2.83. The molecular weight excluding hydrogens is 266 g/mol. The van der Waals surface area contributed by atoms with E-state index >= 15 is 0 Å². The SMILES string of the molecule is O=C(CCc1ccccc1Cl)NCC1(O)CCOC1. The number of aliphatic hydroxyl groups is 1. The Morgan fingerprint density at radius 1 is 1.47 bits per heavy atom. The Balaban J connectivity index is 1.74. The number of benzene rings is 1. The van der Waals surface area contributed by atoms with Gasteiger partial charge in [-0.25, -0.2) is 0 Å². The normalized spacial score (nSPS) is 22.4. The van der Waals surface area contributed by atoms with Crippen LogP contribution in [0.1, 0.15) is 18.4 Å². The van der Waals surface area contributed by atoms with Crippen molar-refractivity contribution in [2.45, 2.75) is 24.9 Å². The fourth-order valence-electron chi connectivity index (χ4n) is 2.04. The van der Waals surface area contributed by atoms with Gasteiger partial charge in [0.05, 0.1) is 6.61 Å². The number of amides is 1. The van der Waals surface area contributed by atoms with E-state index in [1.165, 1.54) is 0 Å². The lowest BCUT2D eigenvalue weighted by Gasteiger charge is -2.20. The van der Waals surface area contributed by atoms with Gasteiger partial charge in [-0.05, 0) is 18.1 Å². The lowest BCUT2D eigenvalue weighted by atomic mass is 10.0. The Labute approximate surface area is 117 Å². The summed E-state index contributed by atoms with van der Waals surface area (Å²) in [6.45, 7) is 1.08. The molecule has 104 valence electrons. The summed E-state index contributed by atoms with van der Waals surface area (Å²) in [6, 6.07) is 7.49. The standard InChI is InChI=1S/C14H18ClNO3/c15-12-4-2-1-3-11(12)5-6-13(17)16-9-14(18)7-8-19-10-14/h1-4,18H,5-10H2,(H,16,17). The third-order valence-electron chi connectivity index (χ3n) is 3.28. The molecule has 0 bridgehead atoms. The highest BCUT2D eigenvalue weighted by Crippen LogP contribution is 2.18. The van der Waals surface area contributed by atoms with Crippen LogP contribution in [0.5, 0.6) is 0 Å². The van der Waals surface area contributed by atoms with Gasteiger partial charge in [-0.1, -0.05) is 29.8 Å². The van der Waals surface area contributed by atoms with E-state index in [1.54, 1.807) is 0 Å². The van der Waals surface area contributed by atoms with E-state index in [-0.39, 0.29) is 19.1 Å². The first kappa shape index (κ1) is 14.3. The molecule has 1 aromatic rings. The van der Waals surface area contributed by atoms with Gasteiger partial charge in [0, 0.05) is 31.0 Å². The molecule has 1 aliphatic rings. The molecule has 0 aromatic heterocycles. The summed E-state index contributed by atoms with van der Waals surface area (Å²) >= 11 is 6.02. The molecule has 1 saturated heterocycles. The van der Waals surface area contributed by atoms with E-state index in [0.717, 1.165) is 5.56 Å². The molecule has 19 heavy (non-hydrogen) atoms. The first-order valence-corrected chi connectivity index (χ1v) is 6.77. The van der Waals surface area contributed by atoms with Gasteiger partial charge in [0.2, 0.25) is 5.91 Å². The van der Waals surface area contributed by atoms with Gasteiger partial charge in [-0.3, -0.25) is 4.79 Å². The minimum atomic E-state index is -0.903. The van der Waals surface area contributed by atoms with Crippen molar-refractivity contribution >= 4 is 17.5 Å². The molecule has 1 amide bonds. The highest BCUT2D eigenvalue weighted by atomic mass is 35.5. The van der Waals surface area contributed by atoms with Crippen LogP contribution in [0.4, 0.5) is 0 Å². The molecule has 0 radical (unpaired) electrons. The second-order valence-corrected chi connectivity index (χ2v) is 5.30. The quantitative estimate of drug-likeness (QED) is 0.862. The molecule has 1 atom stereocenters. The summed E-state index contributed by atoms with van der Waals surface area (Å²) in [4.78, 5) is 11.7. The summed E-state index contributed by atoms with van der Waals surface area (Å²) < 4.78 is 5.12. The number of carbonyl (C=O) groups is 1. The van der Waals surface area contributed by atoms with Gasteiger partial charge in [0.15, 0.2) is 0 Å². The molecule has 2 rings (SSSR count). The number of hydrogen-bond acceptors (Lipinski definition) is 3. The summed E-state index contributed by atoms with van der Waals surface area (Å²) in [6.07, 6.45) is 1.53. The highest BCUT2D eigenvalue weighted by molar-refractivity contribution is 6.31. The van der Waals surface area contributed by atoms with Gasteiger partial charge < -0.3 is 15.2 Å². The van der Waals surface area contributed by atoms with E-state index in [2.05, 4.69) is 5.32 Å². The fourth-order valence-corrected chi connectivity index (χ4v) is 2.27. The van der Waals surface area contributed by atoms with E-state index < -0.39 is 5.60 Å². The van der Waals surface area contributed by atoms with Crippen LogP contribution < -0.4 is 5.32 Å². The molecule has 2 N–H and O–H groups in total. The van der Waals surface area contributed by atoms with Crippen LogP contribution in [0.15, 0.2) is 24.3 Å². The fraction of sp³-hybridized carbons (Fsp3) is 0.500. The maximum atomic E-state index is 11.7. The number of rotatable bonds is 5. The Hall–Kier alpha value is -1.10. The van der Waals surface area contributed by atoms with Crippen LogP contribution in [-0.2, 0) is 16.0 Å². The molecule has 0 saturated carbocycles. The molecular formula is C14H18ClNO3. The molecule has 4 nitrogen and oxygen atoms in total. The van der Waals surface area contributed by atoms with Crippen molar-refractivity contribution in [1.82, 2.24) is 5.32 Å². The van der Waals surface area contributed by atoms with Crippen molar-refractivity contribution in [3.05, 3.63) is 34.9 Å². The topological polar surface area (TPSA) is 58.6 Å². The average molecular weight is 284 g/mol. The largest absolute Gasteiger partial charge is 0.386 e. The van der Waals surface area contributed by atoms with Crippen LogP contribution in [0, 0.1) is 0 Å². The van der Waals surface area contributed by atoms with Gasteiger partial charge in [0.25, 0.3) is 0 Å². The van der Waals surface area contributed by atoms with Gasteiger partial charge in [-0.15, -0.1) is 0 Å². The molecule has 1 aliphatic heterocycles. The monoisotopic (exact) mass is 283 g/mol. The summed E-state index contributed by atoms with van der Waals surface area (Å²) in [5.41, 5.74) is 0.0577. The van der Waals surface area contributed by atoms with Crippen molar-refractivity contribution < 1.29 is 14.6 Å². The number of carbonyl (C=O) groups excluding carboxylic acids is 1. The summed E-state index contributed by atoms with van der Waals surface area (Å²) in [5.74, 6) is -0.0831. The number of hydrogen-bond donors (Lipinski definition) is 2. The zero-order valence-electron chi connectivity index (χ0n) is 10.7. The third kappa shape index (κ3) is 4.20. The summed E-state index contributed by atoms with van der Waals surface area (Å²) in [7, 11) is 0. The van der Waals surface area contributed by atoms with E-state index in [4.69, 9.17) is 16.3 Å². The molecule has 1 aromatic carbocycles. The maximum Gasteiger partial charge on any atom is 0.220 e. The van der Waals surface area contributed by atoms with E-state index in [9.17, 15) is 9.90 Å². The van der Waals surface area contributed by atoms with Crippen molar-refractivity contribution in [3.8, 4) is 0 Å². The Morgan fingerprint density at radius 3 is 2.95 bits per heavy atom. The Kier molecular flexibility index (Phi) is 4.80. The maximum absolute atomic E-state index is 11.7. The number of ether oxygens (including phenoxy) is 1. The van der Waals surface area contributed by atoms with Crippen molar-refractivity contribution in [2.24, 2.45) is 0 Å². The lowest BCUT2D eigenvalue weighted by Crippen LogP contribution is -2.43. The third-order valence-corrected chi connectivity index (χ3v) is 3.65. The molecule has 1 heterocycles. The molecule has 0 aliphatic carbocycles. The molecule has 1 fully saturated rings. The van der Waals surface area contributed by atoms with Gasteiger partial charge >= 0.3 is 0 Å². The van der Waals surface area contributed by atoms with E-state index in [0.29, 0.717) is 30.9 Å². The first-order chi connectivity index (χ1) is 9.09. The lowest BCUT2D eigenvalue weighted by molar-refractivity contribution is -0.122.